The zero-order chi connectivity index (χ0) is 21.1. The SMILES string of the molecule is C=CC(=O)Nc1ccc(C(=O)N2CC[C@@H](Cc3ncc4ccc(F)cc4n3)C2)cc1. The molecule has 0 spiro atoms. The van der Waals surface area contributed by atoms with Crippen molar-refractivity contribution in [2.24, 2.45) is 5.92 Å². The second-order valence-electron chi connectivity index (χ2n) is 7.37. The summed E-state index contributed by atoms with van der Waals surface area (Å²) < 4.78 is 13.5. The molecule has 0 aliphatic carbocycles. The molecule has 1 fully saturated rings. The van der Waals surface area contributed by atoms with Crippen LogP contribution in [0.3, 0.4) is 0 Å². The number of hydrogen-bond acceptors (Lipinski definition) is 4. The maximum absolute atomic E-state index is 13.5. The number of carbonyl (C=O) groups is 2. The third-order valence-electron chi connectivity index (χ3n) is 5.22. The highest BCUT2D eigenvalue weighted by Crippen LogP contribution is 2.23. The number of benzene rings is 2. The molecule has 1 N–H and O–H groups in total. The largest absolute Gasteiger partial charge is 0.338 e. The Bertz CT molecular complexity index is 1110. The van der Waals surface area contributed by atoms with Gasteiger partial charge in [-0.25, -0.2) is 14.4 Å². The smallest absolute Gasteiger partial charge is 0.253 e. The number of nitrogens with one attached hydrogen (secondary N) is 1. The van der Waals surface area contributed by atoms with E-state index in [1.165, 1.54) is 18.2 Å². The van der Waals surface area contributed by atoms with Gasteiger partial charge < -0.3 is 10.2 Å². The van der Waals surface area contributed by atoms with Gasteiger partial charge in [0.25, 0.3) is 5.91 Å². The summed E-state index contributed by atoms with van der Waals surface area (Å²) in [6, 6.07) is 11.3. The summed E-state index contributed by atoms with van der Waals surface area (Å²) in [4.78, 5) is 34.8. The van der Waals surface area contributed by atoms with Crippen LogP contribution >= 0.6 is 0 Å². The Morgan fingerprint density at radius 2 is 2.03 bits per heavy atom. The van der Waals surface area contributed by atoms with Crippen molar-refractivity contribution in [1.82, 2.24) is 14.9 Å². The molecular weight excluding hydrogens is 383 g/mol. The predicted octanol–water partition coefficient (Wildman–Crippen LogP) is 3.60. The van der Waals surface area contributed by atoms with Crippen molar-refractivity contribution in [3.63, 3.8) is 0 Å². The van der Waals surface area contributed by atoms with Crippen LogP contribution in [0, 0.1) is 11.7 Å². The zero-order valence-electron chi connectivity index (χ0n) is 16.3. The van der Waals surface area contributed by atoms with Gasteiger partial charge in [0.15, 0.2) is 0 Å². The van der Waals surface area contributed by atoms with E-state index in [1.807, 2.05) is 4.90 Å². The summed E-state index contributed by atoms with van der Waals surface area (Å²) in [6.45, 7) is 4.70. The minimum absolute atomic E-state index is 0.0411. The first kappa shape index (κ1) is 19.7. The molecular formula is C23H21FN4O2. The Morgan fingerprint density at radius 3 is 2.80 bits per heavy atom. The van der Waals surface area contributed by atoms with Gasteiger partial charge in [0.2, 0.25) is 5.91 Å². The van der Waals surface area contributed by atoms with Gasteiger partial charge in [-0.1, -0.05) is 6.58 Å². The van der Waals surface area contributed by atoms with Crippen LogP contribution in [0.4, 0.5) is 10.1 Å². The molecule has 4 rings (SSSR count). The van der Waals surface area contributed by atoms with E-state index in [0.717, 1.165) is 11.8 Å². The molecule has 152 valence electrons. The van der Waals surface area contributed by atoms with Crippen molar-refractivity contribution in [2.75, 3.05) is 18.4 Å². The van der Waals surface area contributed by atoms with Gasteiger partial charge >= 0.3 is 0 Å². The van der Waals surface area contributed by atoms with Gasteiger partial charge in [-0.05, 0) is 54.8 Å². The van der Waals surface area contributed by atoms with E-state index in [4.69, 9.17) is 0 Å². The quantitative estimate of drug-likeness (QED) is 0.660. The lowest BCUT2D eigenvalue weighted by Gasteiger charge is -2.17. The van der Waals surface area contributed by atoms with Crippen molar-refractivity contribution in [3.05, 3.63) is 78.5 Å². The molecule has 3 aromatic rings. The summed E-state index contributed by atoms with van der Waals surface area (Å²) in [6.07, 6.45) is 4.41. The van der Waals surface area contributed by atoms with E-state index < -0.39 is 0 Å². The number of carbonyl (C=O) groups excluding carboxylic acids is 2. The molecule has 0 radical (unpaired) electrons. The van der Waals surface area contributed by atoms with Crippen LogP contribution in [0.1, 0.15) is 22.6 Å². The summed E-state index contributed by atoms with van der Waals surface area (Å²) in [5, 5.41) is 3.46. The van der Waals surface area contributed by atoms with Crippen LogP contribution in [-0.4, -0.2) is 39.8 Å². The first-order chi connectivity index (χ1) is 14.5. The average molecular weight is 404 g/mol. The topological polar surface area (TPSA) is 75.2 Å². The maximum atomic E-state index is 13.5. The second-order valence-corrected chi connectivity index (χ2v) is 7.37. The molecule has 2 heterocycles. The maximum Gasteiger partial charge on any atom is 0.253 e. The standard InChI is InChI=1S/C23H21FN4O2/c1-2-22(29)26-19-7-4-16(5-8-19)23(30)28-10-9-15(14-28)11-21-25-13-17-3-6-18(24)12-20(17)27-21/h2-8,12-13,15H,1,9-11,14H2,(H,26,29)/t15-/m0/s1. The van der Waals surface area contributed by atoms with Crippen LogP contribution in [0.2, 0.25) is 0 Å². The van der Waals surface area contributed by atoms with Crippen LogP contribution in [0.15, 0.2) is 61.3 Å². The van der Waals surface area contributed by atoms with Crippen molar-refractivity contribution < 1.29 is 14.0 Å². The molecule has 1 atom stereocenters. The van der Waals surface area contributed by atoms with Crippen molar-refractivity contribution in [2.45, 2.75) is 12.8 Å². The summed E-state index contributed by atoms with van der Waals surface area (Å²) >= 11 is 0. The van der Waals surface area contributed by atoms with Gasteiger partial charge in [0.05, 0.1) is 5.52 Å². The number of hydrogen-bond donors (Lipinski definition) is 1. The first-order valence-electron chi connectivity index (χ1n) is 9.76. The zero-order valence-corrected chi connectivity index (χ0v) is 16.3. The highest BCUT2D eigenvalue weighted by molar-refractivity contribution is 5.99. The summed E-state index contributed by atoms with van der Waals surface area (Å²) in [7, 11) is 0. The lowest BCUT2D eigenvalue weighted by Crippen LogP contribution is -2.29. The molecule has 1 aliphatic rings. The third kappa shape index (κ3) is 4.35. The van der Waals surface area contributed by atoms with E-state index >= 15 is 0 Å². The Hall–Kier alpha value is -3.61. The number of likely N-dealkylation sites (tertiary alicyclic amines) is 1. The fourth-order valence-corrected chi connectivity index (χ4v) is 3.65. The normalized spacial score (nSPS) is 15.9. The molecule has 0 unspecified atom stereocenters. The predicted molar refractivity (Wildman–Crippen MR) is 112 cm³/mol. The number of fused-ring (bicyclic) bond motifs is 1. The number of aromatic nitrogens is 2. The molecule has 1 aliphatic heterocycles. The fourth-order valence-electron chi connectivity index (χ4n) is 3.65. The van der Waals surface area contributed by atoms with Crippen LogP contribution < -0.4 is 5.32 Å². The Balaban J connectivity index is 1.38. The summed E-state index contributed by atoms with van der Waals surface area (Å²) in [5.74, 6) is 0.261. The minimum Gasteiger partial charge on any atom is -0.338 e. The van der Waals surface area contributed by atoms with E-state index in [2.05, 4.69) is 21.9 Å². The molecule has 0 saturated carbocycles. The Labute approximate surface area is 173 Å². The fraction of sp³-hybridized carbons (Fsp3) is 0.217. The third-order valence-corrected chi connectivity index (χ3v) is 5.22. The van der Waals surface area contributed by atoms with Crippen molar-refractivity contribution in [1.29, 1.82) is 0 Å². The van der Waals surface area contributed by atoms with Crippen molar-refractivity contribution in [3.8, 4) is 0 Å². The Kier molecular flexibility index (Phi) is 5.52. The molecule has 7 heteroatoms. The molecule has 30 heavy (non-hydrogen) atoms. The average Bonchev–Trinajstić information content (AvgIpc) is 3.22. The monoisotopic (exact) mass is 404 g/mol. The van der Waals surface area contributed by atoms with Gasteiger partial charge in [-0.2, -0.15) is 0 Å². The highest BCUT2D eigenvalue weighted by atomic mass is 19.1. The lowest BCUT2D eigenvalue weighted by molar-refractivity contribution is -0.111. The van der Waals surface area contributed by atoms with Crippen molar-refractivity contribution >= 4 is 28.4 Å². The molecule has 2 aromatic carbocycles. The number of halogens is 1. The molecule has 6 nitrogen and oxygen atoms in total. The number of rotatable bonds is 5. The summed E-state index contributed by atoms with van der Waals surface area (Å²) in [5.41, 5.74) is 1.78. The highest BCUT2D eigenvalue weighted by Gasteiger charge is 2.27. The molecule has 1 saturated heterocycles. The van der Waals surface area contributed by atoms with Gasteiger partial charge in [-0.3, -0.25) is 9.59 Å². The molecule has 0 bridgehead atoms. The molecule has 1 aromatic heterocycles. The van der Waals surface area contributed by atoms with E-state index in [9.17, 15) is 14.0 Å². The van der Waals surface area contributed by atoms with Crippen LogP contribution in [0.25, 0.3) is 10.9 Å². The lowest BCUT2D eigenvalue weighted by atomic mass is 10.0. The van der Waals surface area contributed by atoms with E-state index in [0.29, 0.717) is 42.1 Å². The van der Waals surface area contributed by atoms with Crippen LogP contribution in [-0.2, 0) is 11.2 Å². The number of anilines is 1. The molecule has 2 amide bonds. The van der Waals surface area contributed by atoms with Gasteiger partial charge in [-0.15, -0.1) is 0 Å². The van der Waals surface area contributed by atoms with Gasteiger partial charge in [0.1, 0.15) is 11.6 Å². The number of amides is 2. The Morgan fingerprint density at radius 1 is 1.23 bits per heavy atom. The minimum atomic E-state index is -0.320. The van der Waals surface area contributed by atoms with Gasteiger partial charge in [0, 0.05) is 48.4 Å². The van der Waals surface area contributed by atoms with Crippen LogP contribution in [0.5, 0.6) is 0 Å². The van der Waals surface area contributed by atoms with E-state index in [1.54, 1.807) is 36.5 Å². The van der Waals surface area contributed by atoms with E-state index in [-0.39, 0.29) is 23.5 Å². The first-order valence-corrected chi connectivity index (χ1v) is 9.76. The second kappa shape index (κ2) is 8.41. The number of nitrogens with zero attached hydrogens (tertiary/aromatic N) is 3.